The minimum absolute atomic E-state index is 0.473. The molecular weight excluding hydrogens is 218 g/mol. The lowest BCUT2D eigenvalue weighted by molar-refractivity contribution is 0.118. The number of carbonyl (C=O) groups excluding carboxylic acids is 1. The Morgan fingerprint density at radius 1 is 1.18 bits per heavy atom. The zero-order valence-electron chi connectivity index (χ0n) is 9.50. The van der Waals surface area contributed by atoms with E-state index in [4.69, 9.17) is 4.74 Å². The van der Waals surface area contributed by atoms with Gasteiger partial charge in [0.25, 0.3) is 0 Å². The predicted octanol–water partition coefficient (Wildman–Crippen LogP) is 2.68. The summed E-state index contributed by atoms with van der Waals surface area (Å²) < 4.78 is 11.3. The van der Waals surface area contributed by atoms with Crippen molar-refractivity contribution in [3.05, 3.63) is 54.2 Å². The summed E-state index contributed by atoms with van der Waals surface area (Å²) >= 11 is 0. The molecule has 17 heavy (non-hydrogen) atoms. The Balaban J connectivity index is 2.12. The summed E-state index contributed by atoms with van der Waals surface area (Å²) in [5.74, 6) is 0.473. The van der Waals surface area contributed by atoms with Crippen LogP contribution in [-0.4, -0.2) is 17.8 Å². The monoisotopic (exact) mass is 231 g/mol. The third-order valence-electron chi connectivity index (χ3n) is 2.34. The molecule has 0 saturated carbocycles. The van der Waals surface area contributed by atoms with E-state index in [0.29, 0.717) is 12.4 Å². The molecule has 0 radical (unpaired) electrons. The molecule has 0 aliphatic heterocycles. The highest BCUT2D eigenvalue weighted by Gasteiger charge is 2.08. The Bertz CT molecular complexity index is 490. The van der Waals surface area contributed by atoms with Gasteiger partial charge in [-0.3, -0.25) is 0 Å². The Kier molecular flexibility index (Phi) is 3.45. The van der Waals surface area contributed by atoms with Crippen molar-refractivity contribution in [2.45, 2.75) is 6.54 Å². The smallest absolute Gasteiger partial charge is 0.437 e. The van der Waals surface area contributed by atoms with Crippen LogP contribution in [0.4, 0.5) is 4.79 Å². The number of hydrogen-bond donors (Lipinski definition) is 0. The summed E-state index contributed by atoms with van der Waals surface area (Å²) in [6.07, 6.45) is 1.14. The van der Waals surface area contributed by atoms with Crippen LogP contribution in [0.1, 0.15) is 5.56 Å². The summed E-state index contributed by atoms with van der Waals surface area (Å²) in [6, 6.07) is 13.5. The van der Waals surface area contributed by atoms with Gasteiger partial charge < -0.3 is 14.0 Å². The maximum Gasteiger partial charge on any atom is 0.514 e. The van der Waals surface area contributed by atoms with E-state index in [1.54, 1.807) is 6.07 Å². The average Bonchev–Trinajstić information content (AvgIpc) is 2.78. The molecule has 2 aromatic rings. The Labute approximate surface area is 99.4 Å². The van der Waals surface area contributed by atoms with E-state index < -0.39 is 6.16 Å². The van der Waals surface area contributed by atoms with Crippen molar-refractivity contribution in [2.75, 3.05) is 7.11 Å². The van der Waals surface area contributed by atoms with Crippen molar-refractivity contribution in [3.63, 3.8) is 0 Å². The Morgan fingerprint density at radius 3 is 2.65 bits per heavy atom. The number of methoxy groups -OCH3 is 1. The van der Waals surface area contributed by atoms with Crippen molar-refractivity contribution >= 4 is 6.16 Å². The molecular formula is C13H13NO3. The van der Waals surface area contributed by atoms with E-state index in [9.17, 15) is 4.79 Å². The van der Waals surface area contributed by atoms with Gasteiger partial charge in [0.2, 0.25) is 5.88 Å². The molecule has 88 valence electrons. The number of nitrogens with zero attached hydrogens (tertiary/aromatic N) is 1. The predicted molar refractivity (Wildman–Crippen MR) is 63.0 cm³/mol. The maximum absolute atomic E-state index is 11.0. The van der Waals surface area contributed by atoms with Gasteiger partial charge in [-0.25, -0.2) is 4.79 Å². The normalized spacial score (nSPS) is 9.94. The minimum atomic E-state index is -0.710. The SMILES string of the molecule is COC(=O)Oc1cccn1Cc1ccccc1. The summed E-state index contributed by atoms with van der Waals surface area (Å²) in [5.41, 5.74) is 1.14. The van der Waals surface area contributed by atoms with E-state index in [0.717, 1.165) is 5.56 Å². The van der Waals surface area contributed by atoms with Crippen molar-refractivity contribution in [1.29, 1.82) is 0 Å². The van der Waals surface area contributed by atoms with Gasteiger partial charge in [0, 0.05) is 12.3 Å². The highest BCUT2D eigenvalue weighted by atomic mass is 16.7. The van der Waals surface area contributed by atoms with E-state index in [1.165, 1.54) is 7.11 Å². The lowest BCUT2D eigenvalue weighted by atomic mass is 10.2. The van der Waals surface area contributed by atoms with Gasteiger partial charge in [0.1, 0.15) is 0 Å². The quantitative estimate of drug-likeness (QED) is 0.762. The standard InChI is InChI=1S/C13H13NO3/c1-16-13(15)17-12-8-5-9-14(12)10-11-6-3-2-4-7-11/h2-9H,10H2,1H3. The topological polar surface area (TPSA) is 40.5 Å². The lowest BCUT2D eigenvalue weighted by Gasteiger charge is -2.08. The van der Waals surface area contributed by atoms with E-state index in [1.807, 2.05) is 47.2 Å². The average molecular weight is 231 g/mol. The number of hydrogen-bond acceptors (Lipinski definition) is 3. The first kappa shape index (κ1) is 11.3. The van der Waals surface area contributed by atoms with Crippen LogP contribution in [0.15, 0.2) is 48.7 Å². The fraction of sp³-hybridized carbons (Fsp3) is 0.154. The summed E-state index contributed by atoms with van der Waals surface area (Å²) in [7, 11) is 1.28. The molecule has 0 unspecified atom stereocenters. The molecule has 1 heterocycles. The first-order valence-electron chi connectivity index (χ1n) is 5.24. The number of rotatable bonds is 3. The molecule has 0 aliphatic carbocycles. The van der Waals surface area contributed by atoms with Crippen molar-refractivity contribution in [2.24, 2.45) is 0 Å². The maximum atomic E-state index is 11.0. The van der Waals surface area contributed by atoms with E-state index in [-0.39, 0.29) is 0 Å². The van der Waals surface area contributed by atoms with Crippen LogP contribution >= 0.6 is 0 Å². The molecule has 0 amide bonds. The van der Waals surface area contributed by atoms with Crippen LogP contribution in [-0.2, 0) is 11.3 Å². The third kappa shape index (κ3) is 2.87. The van der Waals surface area contributed by atoms with Gasteiger partial charge in [-0.05, 0) is 11.6 Å². The van der Waals surface area contributed by atoms with Gasteiger partial charge in [0.15, 0.2) is 0 Å². The second-order valence-electron chi connectivity index (χ2n) is 3.52. The van der Waals surface area contributed by atoms with Gasteiger partial charge in [-0.1, -0.05) is 30.3 Å². The lowest BCUT2D eigenvalue weighted by Crippen LogP contribution is -2.11. The van der Waals surface area contributed by atoms with Crippen molar-refractivity contribution < 1.29 is 14.3 Å². The van der Waals surface area contributed by atoms with Crippen LogP contribution in [0.25, 0.3) is 0 Å². The zero-order valence-corrected chi connectivity index (χ0v) is 9.50. The summed E-state index contributed by atoms with van der Waals surface area (Å²) in [5, 5.41) is 0. The fourth-order valence-corrected chi connectivity index (χ4v) is 1.53. The highest BCUT2D eigenvalue weighted by Crippen LogP contribution is 2.15. The van der Waals surface area contributed by atoms with Gasteiger partial charge in [-0.15, -0.1) is 0 Å². The number of benzene rings is 1. The van der Waals surface area contributed by atoms with Crippen LogP contribution in [0.2, 0.25) is 0 Å². The number of aromatic nitrogens is 1. The van der Waals surface area contributed by atoms with Crippen LogP contribution in [0, 0.1) is 0 Å². The molecule has 4 heteroatoms. The first-order valence-corrected chi connectivity index (χ1v) is 5.24. The second-order valence-corrected chi connectivity index (χ2v) is 3.52. The van der Waals surface area contributed by atoms with Crippen LogP contribution in [0.5, 0.6) is 5.88 Å². The fourth-order valence-electron chi connectivity index (χ4n) is 1.53. The van der Waals surface area contributed by atoms with E-state index in [2.05, 4.69) is 4.74 Å². The zero-order chi connectivity index (χ0) is 12.1. The number of carbonyl (C=O) groups is 1. The molecule has 0 aliphatic rings. The molecule has 4 nitrogen and oxygen atoms in total. The molecule has 0 saturated heterocycles. The van der Waals surface area contributed by atoms with Crippen molar-refractivity contribution in [1.82, 2.24) is 4.57 Å². The third-order valence-corrected chi connectivity index (χ3v) is 2.34. The first-order chi connectivity index (χ1) is 8.29. The largest absolute Gasteiger partial charge is 0.514 e. The molecule has 1 aromatic heterocycles. The molecule has 0 spiro atoms. The Hall–Kier alpha value is -2.23. The van der Waals surface area contributed by atoms with Crippen LogP contribution < -0.4 is 4.74 Å². The van der Waals surface area contributed by atoms with Gasteiger partial charge >= 0.3 is 6.16 Å². The van der Waals surface area contributed by atoms with Crippen molar-refractivity contribution in [3.8, 4) is 5.88 Å². The summed E-state index contributed by atoms with van der Waals surface area (Å²) in [4.78, 5) is 11.0. The molecule has 0 bridgehead atoms. The van der Waals surface area contributed by atoms with E-state index >= 15 is 0 Å². The van der Waals surface area contributed by atoms with Crippen LogP contribution in [0.3, 0.4) is 0 Å². The minimum Gasteiger partial charge on any atom is -0.437 e. The van der Waals surface area contributed by atoms with Gasteiger partial charge in [-0.2, -0.15) is 0 Å². The highest BCUT2D eigenvalue weighted by molar-refractivity contribution is 5.62. The molecule has 2 rings (SSSR count). The molecule has 1 aromatic carbocycles. The molecule has 0 fully saturated rings. The number of ether oxygens (including phenoxy) is 2. The Morgan fingerprint density at radius 2 is 1.94 bits per heavy atom. The second kappa shape index (κ2) is 5.21. The summed E-state index contributed by atoms with van der Waals surface area (Å²) in [6.45, 7) is 0.653. The molecule has 0 N–H and O–H groups in total. The molecule has 0 atom stereocenters. The van der Waals surface area contributed by atoms with Gasteiger partial charge in [0.05, 0.1) is 13.7 Å².